The summed E-state index contributed by atoms with van der Waals surface area (Å²) in [4.78, 5) is 13.0. The molecule has 164 valence electrons. The van der Waals surface area contributed by atoms with Crippen LogP contribution in [-0.4, -0.2) is 14.3 Å². The van der Waals surface area contributed by atoms with E-state index in [1.165, 1.54) is 18.2 Å². The second-order valence-corrected chi connectivity index (χ2v) is 9.76. The number of para-hydroxylation sites is 1. The van der Waals surface area contributed by atoms with E-state index in [4.69, 9.17) is 9.88 Å². The molecule has 1 amide bonds. The highest BCUT2D eigenvalue weighted by Crippen LogP contribution is 2.33. The monoisotopic (exact) mass is 449 g/mol. The summed E-state index contributed by atoms with van der Waals surface area (Å²) >= 11 is 0. The lowest BCUT2D eigenvalue weighted by atomic mass is 9.86. The maximum absolute atomic E-state index is 13.1. The van der Waals surface area contributed by atoms with Crippen LogP contribution in [-0.2, 0) is 15.4 Å². The van der Waals surface area contributed by atoms with Crippen molar-refractivity contribution < 1.29 is 17.9 Å². The molecule has 0 aromatic heterocycles. The number of nitrogens with zero attached hydrogens (tertiary/aromatic N) is 1. The molecule has 0 saturated carbocycles. The number of nitrogens with two attached hydrogens (primary N) is 1. The zero-order valence-electron chi connectivity index (χ0n) is 17.9. The number of sulfonamides is 1. The number of carbonyl (C=O) groups is 1. The summed E-state index contributed by atoms with van der Waals surface area (Å²) in [6.07, 6.45) is 0. The Morgan fingerprint density at radius 2 is 1.72 bits per heavy atom. The van der Waals surface area contributed by atoms with Crippen LogP contribution in [0, 0.1) is 11.3 Å². The van der Waals surface area contributed by atoms with Gasteiger partial charge >= 0.3 is 0 Å². The predicted molar refractivity (Wildman–Crippen MR) is 122 cm³/mol. The molecule has 3 aromatic carbocycles. The van der Waals surface area contributed by atoms with Gasteiger partial charge in [0.2, 0.25) is 10.0 Å². The van der Waals surface area contributed by atoms with E-state index in [0.29, 0.717) is 11.3 Å². The first kappa shape index (κ1) is 23.0. The third-order valence-corrected chi connectivity index (χ3v) is 5.65. The molecule has 3 N–H and O–H groups in total. The molecule has 0 aliphatic rings. The first-order valence-corrected chi connectivity index (χ1v) is 11.3. The molecular formula is C24H23N3O4S. The van der Waals surface area contributed by atoms with E-state index >= 15 is 0 Å². The minimum absolute atomic E-state index is 0.113. The first-order chi connectivity index (χ1) is 15.0. The topological polar surface area (TPSA) is 122 Å². The van der Waals surface area contributed by atoms with Crippen molar-refractivity contribution in [3.05, 3.63) is 83.4 Å². The number of amides is 1. The Balaban J connectivity index is 2.02. The van der Waals surface area contributed by atoms with Crippen molar-refractivity contribution >= 4 is 21.6 Å². The van der Waals surface area contributed by atoms with E-state index in [0.717, 1.165) is 5.56 Å². The summed E-state index contributed by atoms with van der Waals surface area (Å²) in [6, 6.07) is 19.7. The number of ether oxygens (including phenoxy) is 1. The van der Waals surface area contributed by atoms with Gasteiger partial charge in [-0.3, -0.25) is 4.79 Å². The van der Waals surface area contributed by atoms with Gasteiger partial charge in [-0.15, -0.1) is 0 Å². The standard InChI is InChI=1S/C24H23N3O4S/c1-24(2,3)17-11-12-20(22(13-17)31-21-10-5-4-7-16(21)15-25)23(28)27-18-8-6-9-19(14-18)32(26,29)30/h4-14H,1-3H3,(H,27,28)(H2,26,29,30). The van der Waals surface area contributed by atoms with Crippen LogP contribution in [0.15, 0.2) is 71.6 Å². The Bertz CT molecular complexity index is 1320. The SMILES string of the molecule is CC(C)(C)c1ccc(C(=O)Nc2cccc(S(N)(=O)=O)c2)c(Oc2ccccc2C#N)c1. The number of hydrogen-bond acceptors (Lipinski definition) is 5. The largest absolute Gasteiger partial charge is 0.455 e. The van der Waals surface area contributed by atoms with Gasteiger partial charge in [0.15, 0.2) is 0 Å². The number of hydrogen-bond donors (Lipinski definition) is 2. The van der Waals surface area contributed by atoms with E-state index in [2.05, 4.69) is 11.4 Å². The van der Waals surface area contributed by atoms with Crippen molar-refractivity contribution in [2.24, 2.45) is 5.14 Å². The summed E-state index contributed by atoms with van der Waals surface area (Å²) in [7, 11) is -3.91. The quantitative estimate of drug-likeness (QED) is 0.592. The number of rotatable bonds is 5. The van der Waals surface area contributed by atoms with Crippen molar-refractivity contribution in [3.63, 3.8) is 0 Å². The number of carbonyl (C=O) groups excluding carboxylic acids is 1. The number of benzene rings is 3. The third-order valence-electron chi connectivity index (χ3n) is 4.74. The van der Waals surface area contributed by atoms with Crippen molar-refractivity contribution in [2.45, 2.75) is 31.1 Å². The molecule has 0 spiro atoms. The summed E-state index contributed by atoms with van der Waals surface area (Å²) in [5.41, 5.74) is 1.57. The molecule has 0 fully saturated rings. The summed E-state index contributed by atoms with van der Waals surface area (Å²) in [6.45, 7) is 6.11. The zero-order chi connectivity index (χ0) is 23.5. The highest BCUT2D eigenvalue weighted by Gasteiger charge is 2.21. The molecule has 0 heterocycles. The Kier molecular flexibility index (Phi) is 6.35. The normalized spacial score (nSPS) is 11.5. The van der Waals surface area contributed by atoms with Gasteiger partial charge in [-0.05, 0) is 53.4 Å². The van der Waals surface area contributed by atoms with Gasteiger partial charge in [0.05, 0.1) is 16.0 Å². The minimum Gasteiger partial charge on any atom is -0.455 e. The maximum Gasteiger partial charge on any atom is 0.259 e. The second kappa shape index (κ2) is 8.83. The molecule has 0 radical (unpaired) electrons. The van der Waals surface area contributed by atoms with Gasteiger partial charge in [-0.2, -0.15) is 5.26 Å². The van der Waals surface area contributed by atoms with Crippen molar-refractivity contribution in [1.82, 2.24) is 0 Å². The van der Waals surface area contributed by atoms with Crippen LogP contribution in [0.3, 0.4) is 0 Å². The van der Waals surface area contributed by atoms with E-state index in [1.54, 1.807) is 42.5 Å². The molecule has 0 bridgehead atoms. The molecule has 3 aromatic rings. The summed E-state index contributed by atoms with van der Waals surface area (Å²) < 4.78 is 29.2. The van der Waals surface area contributed by atoms with Crippen molar-refractivity contribution in [3.8, 4) is 17.6 Å². The minimum atomic E-state index is -3.91. The maximum atomic E-state index is 13.1. The fraction of sp³-hybridized carbons (Fsp3) is 0.167. The highest BCUT2D eigenvalue weighted by atomic mass is 32.2. The van der Waals surface area contributed by atoms with Crippen LogP contribution in [0.25, 0.3) is 0 Å². The highest BCUT2D eigenvalue weighted by molar-refractivity contribution is 7.89. The summed E-state index contributed by atoms with van der Waals surface area (Å²) in [5.74, 6) is 0.105. The lowest BCUT2D eigenvalue weighted by Gasteiger charge is -2.21. The second-order valence-electron chi connectivity index (χ2n) is 8.20. The van der Waals surface area contributed by atoms with Crippen molar-refractivity contribution in [2.75, 3.05) is 5.32 Å². The van der Waals surface area contributed by atoms with Gasteiger partial charge in [0.25, 0.3) is 5.91 Å². The predicted octanol–water partition coefficient (Wildman–Crippen LogP) is 4.55. The molecule has 0 unspecified atom stereocenters. The molecule has 3 rings (SSSR count). The fourth-order valence-corrected chi connectivity index (χ4v) is 3.54. The van der Waals surface area contributed by atoms with E-state index < -0.39 is 15.9 Å². The molecular weight excluding hydrogens is 426 g/mol. The van der Waals surface area contributed by atoms with Gasteiger partial charge in [0.1, 0.15) is 17.6 Å². The Hall–Kier alpha value is -3.67. The molecule has 0 atom stereocenters. The van der Waals surface area contributed by atoms with Crippen LogP contribution < -0.4 is 15.2 Å². The van der Waals surface area contributed by atoms with Gasteiger partial charge in [0, 0.05) is 5.69 Å². The van der Waals surface area contributed by atoms with Crippen LogP contribution in [0.4, 0.5) is 5.69 Å². The Morgan fingerprint density at radius 3 is 2.38 bits per heavy atom. The molecule has 8 heteroatoms. The van der Waals surface area contributed by atoms with Gasteiger partial charge in [-0.25, -0.2) is 13.6 Å². The van der Waals surface area contributed by atoms with E-state index in [-0.39, 0.29) is 27.3 Å². The van der Waals surface area contributed by atoms with E-state index in [9.17, 15) is 18.5 Å². The number of nitriles is 1. The summed E-state index contributed by atoms with van der Waals surface area (Å²) in [5, 5.41) is 17.2. The fourth-order valence-electron chi connectivity index (χ4n) is 2.98. The lowest BCUT2D eigenvalue weighted by Crippen LogP contribution is -2.17. The number of nitrogens with one attached hydrogen (secondary N) is 1. The number of primary sulfonamides is 1. The lowest BCUT2D eigenvalue weighted by molar-refractivity contribution is 0.102. The van der Waals surface area contributed by atoms with Gasteiger partial charge < -0.3 is 10.1 Å². The molecule has 0 aliphatic carbocycles. The number of anilines is 1. The Morgan fingerprint density at radius 1 is 1.00 bits per heavy atom. The van der Waals surface area contributed by atoms with Crippen LogP contribution >= 0.6 is 0 Å². The van der Waals surface area contributed by atoms with Crippen molar-refractivity contribution in [1.29, 1.82) is 5.26 Å². The smallest absolute Gasteiger partial charge is 0.259 e. The average molecular weight is 450 g/mol. The zero-order valence-corrected chi connectivity index (χ0v) is 18.7. The molecule has 32 heavy (non-hydrogen) atoms. The van der Waals surface area contributed by atoms with Gasteiger partial charge in [-0.1, -0.05) is 45.0 Å². The molecule has 0 saturated heterocycles. The average Bonchev–Trinajstić information content (AvgIpc) is 2.73. The first-order valence-electron chi connectivity index (χ1n) is 9.75. The van der Waals surface area contributed by atoms with Crippen LogP contribution in [0.5, 0.6) is 11.5 Å². The van der Waals surface area contributed by atoms with E-state index in [1.807, 2.05) is 26.8 Å². The van der Waals surface area contributed by atoms with Crippen LogP contribution in [0.1, 0.15) is 42.3 Å². The Labute approximate surface area is 187 Å². The molecule has 7 nitrogen and oxygen atoms in total. The molecule has 0 aliphatic heterocycles. The van der Waals surface area contributed by atoms with Crippen LogP contribution in [0.2, 0.25) is 0 Å². The third kappa shape index (κ3) is 5.32.